The van der Waals surface area contributed by atoms with Gasteiger partial charge in [-0.2, -0.15) is 0 Å². The zero-order valence-electron chi connectivity index (χ0n) is 15.5. The summed E-state index contributed by atoms with van der Waals surface area (Å²) in [4.78, 5) is 0. The molecule has 0 bridgehead atoms. The Hall–Kier alpha value is -3.78. The third-order valence-corrected chi connectivity index (χ3v) is 4.41. The van der Waals surface area contributed by atoms with E-state index < -0.39 is 0 Å². The summed E-state index contributed by atoms with van der Waals surface area (Å²) in [5, 5.41) is 6.80. The molecule has 2 nitrogen and oxygen atoms in total. The van der Waals surface area contributed by atoms with Gasteiger partial charge in [-0.05, 0) is 59.7 Å². The third-order valence-electron chi connectivity index (χ3n) is 4.41. The number of benzene rings is 4. The van der Waals surface area contributed by atoms with Gasteiger partial charge in [0.15, 0.2) is 0 Å². The number of rotatable bonds is 6. The minimum absolute atomic E-state index is 1.08. The molecule has 136 valence electrons. The van der Waals surface area contributed by atoms with Crippen LogP contribution >= 0.6 is 0 Å². The van der Waals surface area contributed by atoms with E-state index in [9.17, 15) is 0 Å². The highest BCUT2D eigenvalue weighted by Gasteiger charge is 1.96. The van der Waals surface area contributed by atoms with E-state index in [2.05, 4.69) is 95.6 Å². The molecule has 0 aliphatic heterocycles. The van der Waals surface area contributed by atoms with Gasteiger partial charge in [0.2, 0.25) is 0 Å². The van der Waals surface area contributed by atoms with E-state index in [0.717, 1.165) is 22.7 Å². The molecule has 0 saturated heterocycles. The summed E-state index contributed by atoms with van der Waals surface area (Å²) in [6.45, 7) is 0. The molecule has 0 unspecified atom stereocenters. The normalized spacial score (nSPS) is 10.7. The van der Waals surface area contributed by atoms with Crippen LogP contribution in [0.1, 0.15) is 11.1 Å². The molecule has 0 heterocycles. The SMILES string of the molecule is C(=C\c1ccc(Nc2ccccc2)cc1)/c1ccc(Nc2ccccc2)cc1. The molecule has 0 aromatic heterocycles. The first kappa shape index (κ1) is 17.6. The van der Waals surface area contributed by atoms with Gasteiger partial charge in [0.25, 0.3) is 0 Å². The molecule has 0 atom stereocenters. The highest BCUT2D eigenvalue weighted by molar-refractivity contribution is 5.72. The van der Waals surface area contributed by atoms with Crippen LogP contribution in [0.3, 0.4) is 0 Å². The molecule has 4 aromatic rings. The van der Waals surface area contributed by atoms with Gasteiger partial charge in [0.1, 0.15) is 0 Å². The van der Waals surface area contributed by atoms with E-state index in [0.29, 0.717) is 0 Å². The van der Waals surface area contributed by atoms with Crippen molar-refractivity contribution in [2.75, 3.05) is 10.6 Å². The van der Waals surface area contributed by atoms with Gasteiger partial charge < -0.3 is 10.6 Å². The standard InChI is InChI=1S/C26H22N2/c1-3-7-23(8-4-1)27-25-17-13-21(14-18-25)11-12-22-15-19-26(20-16-22)28-24-9-5-2-6-10-24/h1-20,27-28H/b12-11+. The maximum absolute atomic E-state index is 3.40. The summed E-state index contributed by atoms with van der Waals surface area (Å²) in [5.74, 6) is 0. The van der Waals surface area contributed by atoms with Gasteiger partial charge in [-0.15, -0.1) is 0 Å². The van der Waals surface area contributed by atoms with Crippen LogP contribution in [0.25, 0.3) is 12.2 Å². The smallest absolute Gasteiger partial charge is 0.0384 e. The first-order chi connectivity index (χ1) is 13.8. The summed E-state index contributed by atoms with van der Waals surface area (Å²) in [5.41, 5.74) is 6.69. The van der Waals surface area contributed by atoms with Gasteiger partial charge in [0.05, 0.1) is 0 Å². The number of nitrogens with one attached hydrogen (secondary N) is 2. The molecular weight excluding hydrogens is 340 g/mol. The van der Waals surface area contributed by atoms with Crippen molar-refractivity contribution in [3.63, 3.8) is 0 Å². The second-order valence-electron chi connectivity index (χ2n) is 6.56. The van der Waals surface area contributed by atoms with Crippen molar-refractivity contribution >= 4 is 34.9 Å². The third kappa shape index (κ3) is 4.89. The zero-order valence-corrected chi connectivity index (χ0v) is 15.5. The van der Waals surface area contributed by atoms with E-state index >= 15 is 0 Å². The molecule has 0 spiro atoms. The fourth-order valence-electron chi connectivity index (χ4n) is 2.92. The second kappa shape index (κ2) is 8.74. The maximum Gasteiger partial charge on any atom is 0.0384 e. The second-order valence-corrected chi connectivity index (χ2v) is 6.56. The van der Waals surface area contributed by atoms with Gasteiger partial charge in [-0.1, -0.05) is 72.8 Å². The van der Waals surface area contributed by atoms with Crippen LogP contribution in [0.5, 0.6) is 0 Å². The summed E-state index contributed by atoms with van der Waals surface area (Å²) < 4.78 is 0. The lowest BCUT2D eigenvalue weighted by atomic mass is 10.1. The van der Waals surface area contributed by atoms with Crippen LogP contribution < -0.4 is 10.6 Å². The topological polar surface area (TPSA) is 24.1 Å². The largest absolute Gasteiger partial charge is 0.356 e. The number of hydrogen-bond donors (Lipinski definition) is 2. The molecule has 0 saturated carbocycles. The maximum atomic E-state index is 3.40. The fraction of sp³-hybridized carbons (Fsp3) is 0. The summed E-state index contributed by atoms with van der Waals surface area (Å²) in [6.07, 6.45) is 4.26. The highest BCUT2D eigenvalue weighted by atomic mass is 14.9. The average molecular weight is 362 g/mol. The Morgan fingerprint density at radius 3 is 1.04 bits per heavy atom. The Labute approximate surface area is 166 Å². The van der Waals surface area contributed by atoms with Crippen molar-refractivity contribution < 1.29 is 0 Å². The van der Waals surface area contributed by atoms with Crippen molar-refractivity contribution in [1.29, 1.82) is 0 Å². The Kier molecular flexibility index (Phi) is 5.50. The average Bonchev–Trinajstić information content (AvgIpc) is 2.76. The zero-order chi connectivity index (χ0) is 19.0. The van der Waals surface area contributed by atoms with E-state index in [1.54, 1.807) is 0 Å². The molecule has 4 aromatic carbocycles. The molecule has 0 aliphatic rings. The van der Waals surface area contributed by atoms with Gasteiger partial charge in [0, 0.05) is 22.7 Å². The van der Waals surface area contributed by atoms with Gasteiger partial charge >= 0.3 is 0 Å². The molecule has 0 amide bonds. The molecule has 0 fully saturated rings. The quantitative estimate of drug-likeness (QED) is 0.350. The summed E-state index contributed by atoms with van der Waals surface area (Å²) in [6, 6.07) is 37.2. The van der Waals surface area contributed by atoms with E-state index in [-0.39, 0.29) is 0 Å². The lowest BCUT2D eigenvalue weighted by Gasteiger charge is -2.07. The number of para-hydroxylation sites is 2. The van der Waals surface area contributed by atoms with Crippen LogP contribution in [0.2, 0.25) is 0 Å². The lowest BCUT2D eigenvalue weighted by Crippen LogP contribution is -1.89. The monoisotopic (exact) mass is 362 g/mol. The lowest BCUT2D eigenvalue weighted by molar-refractivity contribution is 1.54. The van der Waals surface area contributed by atoms with Crippen LogP contribution in [-0.2, 0) is 0 Å². The van der Waals surface area contributed by atoms with Crippen LogP contribution in [-0.4, -0.2) is 0 Å². The van der Waals surface area contributed by atoms with E-state index in [1.165, 1.54) is 11.1 Å². The molecule has 2 heteroatoms. The molecule has 2 N–H and O–H groups in total. The molecule has 28 heavy (non-hydrogen) atoms. The Bertz CT molecular complexity index is 932. The first-order valence-corrected chi connectivity index (χ1v) is 9.37. The minimum atomic E-state index is 1.08. The van der Waals surface area contributed by atoms with Crippen LogP contribution in [0.15, 0.2) is 109 Å². The highest BCUT2D eigenvalue weighted by Crippen LogP contribution is 2.19. The number of anilines is 4. The van der Waals surface area contributed by atoms with Crippen molar-refractivity contribution in [3.05, 3.63) is 120 Å². The van der Waals surface area contributed by atoms with Crippen molar-refractivity contribution in [3.8, 4) is 0 Å². The Morgan fingerprint density at radius 1 is 0.357 bits per heavy atom. The van der Waals surface area contributed by atoms with E-state index in [4.69, 9.17) is 0 Å². The molecule has 0 radical (unpaired) electrons. The van der Waals surface area contributed by atoms with Gasteiger partial charge in [-0.25, -0.2) is 0 Å². The Balaban J connectivity index is 1.37. The van der Waals surface area contributed by atoms with Crippen molar-refractivity contribution in [2.45, 2.75) is 0 Å². The summed E-state index contributed by atoms with van der Waals surface area (Å²) >= 11 is 0. The summed E-state index contributed by atoms with van der Waals surface area (Å²) in [7, 11) is 0. The molecule has 0 aliphatic carbocycles. The van der Waals surface area contributed by atoms with Gasteiger partial charge in [-0.3, -0.25) is 0 Å². The molecular formula is C26H22N2. The number of hydrogen-bond acceptors (Lipinski definition) is 2. The van der Waals surface area contributed by atoms with Crippen LogP contribution in [0.4, 0.5) is 22.7 Å². The van der Waals surface area contributed by atoms with Crippen LogP contribution in [0, 0.1) is 0 Å². The van der Waals surface area contributed by atoms with E-state index in [1.807, 2.05) is 36.4 Å². The first-order valence-electron chi connectivity index (χ1n) is 9.37. The predicted molar refractivity (Wildman–Crippen MR) is 121 cm³/mol. The molecule has 4 rings (SSSR count). The van der Waals surface area contributed by atoms with Crippen molar-refractivity contribution in [1.82, 2.24) is 0 Å². The fourth-order valence-corrected chi connectivity index (χ4v) is 2.92. The minimum Gasteiger partial charge on any atom is -0.356 e. The van der Waals surface area contributed by atoms with Crippen molar-refractivity contribution in [2.24, 2.45) is 0 Å². The Morgan fingerprint density at radius 2 is 0.679 bits per heavy atom. The predicted octanol–water partition coefficient (Wildman–Crippen LogP) is 7.34.